The Morgan fingerprint density at radius 1 is 1.35 bits per heavy atom. The lowest BCUT2D eigenvalue weighted by Gasteiger charge is -2.21. The Hall–Kier alpha value is -0.690. The first kappa shape index (κ1) is 12.8. The van der Waals surface area contributed by atoms with Gasteiger partial charge >= 0.3 is 0 Å². The van der Waals surface area contributed by atoms with Crippen LogP contribution in [0.25, 0.3) is 0 Å². The molecule has 2 heterocycles. The van der Waals surface area contributed by atoms with Crippen LogP contribution in [-0.2, 0) is 9.84 Å². The Morgan fingerprint density at radius 3 is 2.53 bits per heavy atom. The number of rotatable bonds is 2. The number of aromatic nitrogens is 2. The van der Waals surface area contributed by atoms with Crippen LogP contribution in [0.2, 0.25) is 0 Å². The zero-order valence-electron chi connectivity index (χ0n) is 9.39. The summed E-state index contributed by atoms with van der Waals surface area (Å²) in [6.07, 6.45) is 1.24. The van der Waals surface area contributed by atoms with Crippen molar-refractivity contribution >= 4 is 25.8 Å². The maximum absolute atomic E-state index is 11.3. The molecule has 0 amide bonds. The van der Waals surface area contributed by atoms with E-state index < -0.39 is 9.84 Å². The fourth-order valence-corrected chi connectivity index (χ4v) is 3.86. The van der Waals surface area contributed by atoms with Gasteiger partial charge in [0, 0.05) is 5.92 Å². The summed E-state index contributed by atoms with van der Waals surface area (Å²) in [5, 5.41) is 8.02. The molecule has 0 atom stereocenters. The molecule has 0 radical (unpaired) electrons. The second-order valence-electron chi connectivity index (χ2n) is 4.05. The fourth-order valence-electron chi connectivity index (χ4n) is 1.89. The molecule has 1 aliphatic rings. The standard InChI is InChI=1S/C10H13BrN2O3S/c1-16-10-8(11)6-9(12-13-10)7-2-4-17(14,15)5-3-7/h6-7H,2-5H2,1H3. The molecule has 0 saturated carbocycles. The molecule has 1 fully saturated rings. The highest BCUT2D eigenvalue weighted by molar-refractivity contribution is 9.10. The Bertz CT molecular complexity index is 504. The zero-order chi connectivity index (χ0) is 12.5. The van der Waals surface area contributed by atoms with E-state index in [0.29, 0.717) is 18.7 Å². The summed E-state index contributed by atoms with van der Waals surface area (Å²) in [6.45, 7) is 0. The average Bonchev–Trinajstić information content (AvgIpc) is 2.29. The molecule has 0 unspecified atom stereocenters. The Labute approximate surface area is 109 Å². The molecular formula is C10H13BrN2O3S. The van der Waals surface area contributed by atoms with Crippen LogP contribution in [0.1, 0.15) is 24.5 Å². The van der Waals surface area contributed by atoms with Crippen molar-refractivity contribution in [3.63, 3.8) is 0 Å². The quantitative estimate of drug-likeness (QED) is 0.826. The van der Waals surface area contributed by atoms with Crippen molar-refractivity contribution in [3.05, 3.63) is 16.2 Å². The minimum absolute atomic E-state index is 0.174. The van der Waals surface area contributed by atoms with Gasteiger partial charge in [-0.3, -0.25) is 0 Å². The molecule has 0 bridgehead atoms. The smallest absolute Gasteiger partial charge is 0.247 e. The lowest BCUT2D eigenvalue weighted by molar-refractivity contribution is 0.386. The van der Waals surface area contributed by atoms with Gasteiger partial charge in [0.15, 0.2) is 0 Å². The SMILES string of the molecule is COc1nnc(C2CCS(=O)(=O)CC2)cc1Br. The van der Waals surface area contributed by atoms with Gasteiger partial charge in [0.1, 0.15) is 9.84 Å². The molecule has 17 heavy (non-hydrogen) atoms. The van der Waals surface area contributed by atoms with E-state index in [1.54, 1.807) is 0 Å². The van der Waals surface area contributed by atoms with Crippen LogP contribution >= 0.6 is 15.9 Å². The van der Waals surface area contributed by atoms with Gasteiger partial charge in [0.2, 0.25) is 5.88 Å². The van der Waals surface area contributed by atoms with E-state index in [-0.39, 0.29) is 17.4 Å². The lowest BCUT2D eigenvalue weighted by atomic mass is 9.99. The van der Waals surface area contributed by atoms with Crippen LogP contribution in [0.15, 0.2) is 10.5 Å². The molecule has 0 aliphatic carbocycles. The van der Waals surface area contributed by atoms with Gasteiger partial charge in [-0.05, 0) is 34.8 Å². The van der Waals surface area contributed by atoms with Gasteiger partial charge < -0.3 is 4.74 Å². The number of ether oxygens (including phenoxy) is 1. The van der Waals surface area contributed by atoms with E-state index >= 15 is 0 Å². The highest BCUT2D eigenvalue weighted by atomic mass is 79.9. The third-order valence-corrected chi connectivity index (χ3v) is 5.19. The Morgan fingerprint density at radius 2 is 2.00 bits per heavy atom. The molecule has 0 N–H and O–H groups in total. The Balaban J connectivity index is 2.16. The highest BCUT2D eigenvalue weighted by Crippen LogP contribution is 2.31. The molecule has 94 valence electrons. The molecular weight excluding hydrogens is 308 g/mol. The van der Waals surface area contributed by atoms with Gasteiger partial charge in [-0.15, -0.1) is 5.10 Å². The van der Waals surface area contributed by atoms with Crippen LogP contribution in [0.5, 0.6) is 5.88 Å². The van der Waals surface area contributed by atoms with Crippen LogP contribution in [0.4, 0.5) is 0 Å². The number of methoxy groups -OCH3 is 1. The van der Waals surface area contributed by atoms with Crippen LogP contribution in [0.3, 0.4) is 0 Å². The first-order chi connectivity index (χ1) is 8.02. The molecule has 1 aromatic heterocycles. The molecule has 2 rings (SSSR count). The third kappa shape index (κ3) is 2.95. The van der Waals surface area contributed by atoms with Crippen molar-refractivity contribution in [2.75, 3.05) is 18.6 Å². The van der Waals surface area contributed by atoms with E-state index in [1.807, 2.05) is 6.07 Å². The van der Waals surface area contributed by atoms with Crippen LogP contribution < -0.4 is 4.74 Å². The molecule has 1 aromatic rings. The van der Waals surface area contributed by atoms with Gasteiger partial charge in [0.25, 0.3) is 0 Å². The van der Waals surface area contributed by atoms with Gasteiger partial charge in [-0.1, -0.05) is 0 Å². The Kier molecular flexibility index (Phi) is 3.67. The number of sulfone groups is 1. The maximum Gasteiger partial charge on any atom is 0.247 e. The summed E-state index contributed by atoms with van der Waals surface area (Å²) >= 11 is 3.35. The van der Waals surface area contributed by atoms with Crippen LogP contribution in [0, 0.1) is 0 Å². The maximum atomic E-state index is 11.3. The average molecular weight is 321 g/mol. The molecule has 0 aromatic carbocycles. The molecule has 0 spiro atoms. The normalized spacial score (nSPS) is 20.1. The fraction of sp³-hybridized carbons (Fsp3) is 0.600. The number of hydrogen-bond donors (Lipinski definition) is 0. The summed E-state index contributed by atoms with van der Waals surface area (Å²) < 4.78 is 28.4. The van der Waals surface area contributed by atoms with Gasteiger partial charge in [-0.25, -0.2) is 8.42 Å². The first-order valence-corrected chi connectivity index (χ1v) is 7.91. The van der Waals surface area contributed by atoms with Crippen LogP contribution in [-0.4, -0.2) is 37.2 Å². The minimum atomic E-state index is -2.83. The second-order valence-corrected chi connectivity index (χ2v) is 7.21. The first-order valence-electron chi connectivity index (χ1n) is 5.29. The van der Waals surface area contributed by atoms with Crippen molar-refractivity contribution in [2.24, 2.45) is 0 Å². The monoisotopic (exact) mass is 320 g/mol. The predicted molar refractivity (Wildman–Crippen MR) is 66.9 cm³/mol. The minimum Gasteiger partial charge on any atom is -0.479 e. The van der Waals surface area contributed by atoms with E-state index in [2.05, 4.69) is 26.1 Å². The molecule has 7 heteroatoms. The van der Waals surface area contributed by atoms with E-state index in [1.165, 1.54) is 7.11 Å². The van der Waals surface area contributed by atoms with Crippen molar-refractivity contribution < 1.29 is 13.2 Å². The third-order valence-electron chi connectivity index (χ3n) is 2.90. The zero-order valence-corrected chi connectivity index (χ0v) is 11.8. The number of nitrogens with zero attached hydrogens (tertiary/aromatic N) is 2. The predicted octanol–water partition coefficient (Wildman–Crippen LogP) is 1.54. The summed E-state index contributed by atoms with van der Waals surface area (Å²) in [6, 6.07) is 1.86. The highest BCUT2D eigenvalue weighted by Gasteiger charge is 2.26. The van der Waals surface area contributed by atoms with Crippen molar-refractivity contribution in [1.82, 2.24) is 10.2 Å². The number of hydrogen-bond acceptors (Lipinski definition) is 5. The summed E-state index contributed by atoms with van der Waals surface area (Å²) in [7, 11) is -1.30. The van der Waals surface area contributed by atoms with E-state index in [9.17, 15) is 8.42 Å². The topological polar surface area (TPSA) is 69.2 Å². The molecule has 1 saturated heterocycles. The summed E-state index contributed by atoms with van der Waals surface area (Å²) in [5.74, 6) is 1.09. The lowest BCUT2D eigenvalue weighted by Crippen LogP contribution is -2.22. The largest absolute Gasteiger partial charge is 0.479 e. The van der Waals surface area contributed by atoms with E-state index in [4.69, 9.17) is 4.74 Å². The molecule has 1 aliphatic heterocycles. The van der Waals surface area contributed by atoms with Gasteiger partial charge in [-0.2, -0.15) is 5.10 Å². The second kappa shape index (κ2) is 4.89. The van der Waals surface area contributed by atoms with Crippen molar-refractivity contribution in [1.29, 1.82) is 0 Å². The van der Waals surface area contributed by atoms with Crippen molar-refractivity contribution in [3.8, 4) is 5.88 Å². The summed E-state index contributed by atoms with van der Waals surface area (Å²) in [5.41, 5.74) is 0.826. The van der Waals surface area contributed by atoms with Gasteiger partial charge in [0.05, 0.1) is 28.8 Å². The van der Waals surface area contributed by atoms with Crippen molar-refractivity contribution in [2.45, 2.75) is 18.8 Å². The summed E-state index contributed by atoms with van der Waals surface area (Å²) in [4.78, 5) is 0. The number of halogens is 1. The molecule has 5 nitrogen and oxygen atoms in total. The van der Waals surface area contributed by atoms with E-state index in [0.717, 1.165) is 10.2 Å².